The zero-order valence-corrected chi connectivity index (χ0v) is 13.3. The van der Waals surface area contributed by atoms with Crippen molar-refractivity contribution in [2.24, 2.45) is 11.7 Å². The molecular weight excluding hydrogens is 278 g/mol. The largest absolute Gasteiger partial charge is 0.355 e. The second-order valence-corrected chi connectivity index (χ2v) is 8.11. The van der Waals surface area contributed by atoms with Gasteiger partial charge in [-0.05, 0) is 51.7 Å². The van der Waals surface area contributed by atoms with Crippen LogP contribution in [0, 0.1) is 5.92 Å². The standard InChI is InChI=1S/C13H27N3O3S/c1-16-8-4-11(5-9-16)3-7-15-13(17)12(14)6-10-20(2,18)19/h11-12H,3-10,14H2,1-2H3,(H,15,17). The minimum Gasteiger partial charge on any atom is -0.355 e. The van der Waals surface area contributed by atoms with E-state index in [9.17, 15) is 13.2 Å². The van der Waals surface area contributed by atoms with Crippen LogP contribution in [0.15, 0.2) is 0 Å². The lowest BCUT2D eigenvalue weighted by atomic mass is 9.94. The average molecular weight is 305 g/mol. The minimum atomic E-state index is -3.06. The highest BCUT2D eigenvalue weighted by Gasteiger charge is 2.18. The fourth-order valence-corrected chi connectivity index (χ4v) is 3.04. The Kier molecular flexibility index (Phi) is 6.91. The highest BCUT2D eigenvalue weighted by Crippen LogP contribution is 2.18. The van der Waals surface area contributed by atoms with Gasteiger partial charge in [-0.2, -0.15) is 0 Å². The summed E-state index contributed by atoms with van der Waals surface area (Å²) in [4.78, 5) is 14.0. The maximum atomic E-state index is 11.7. The Bertz CT molecular complexity index is 403. The van der Waals surface area contributed by atoms with E-state index >= 15 is 0 Å². The first-order chi connectivity index (χ1) is 9.28. The first kappa shape index (κ1) is 17.4. The quantitative estimate of drug-likeness (QED) is 0.667. The van der Waals surface area contributed by atoms with Gasteiger partial charge in [0.2, 0.25) is 5.91 Å². The lowest BCUT2D eigenvalue weighted by Crippen LogP contribution is -2.42. The van der Waals surface area contributed by atoms with E-state index in [0.29, 0.717) is 12.5 Å². The Morgan fingerprint density at radius 3 is 2.55 bits per heavy atom. The van der Waals surface area contributed by atoms with Crippen LogP contribution in [0.2, 0.25) is 0 Å². The molecule has 0 aromatic rings. The van der Waals surface area contributed by atoms with E-state index in [2.05, 4.69) is 17.3 Å². The fraction of sp³-hybridized carbons (Fsp3) is 0.923. The van der Waals surface area contributed by atoms with Gasteiger partial charge < -0.3 is 16.0 Å². The Balaban J connectivity index is 2.16. The first-order valence-electron chi connectivity index (χ1n) is 7.17. The van der Waals surface area contributed by atoms with E-state index in [4.69, 9.17) is 5.73 Å². The molecule has 1 amide bonds. The van der Waals surface area contributed by atoms with Crippen molar-refractivity contribution in [3.63, 3.8) is 0 Å². The lowest BCUT2D eigenvalue weighted by Gasteiger charge is -2.29. The molecule has 1 atom stereocenters. The highest BCUT2D eigenvalue weighted by atomic mass is 32.2. The lowest BCUT2D eigenvalue weighted by molar-refractivity contribution is -0.122. The normalized spacial score (nSPS) is 19.8. The molecule has 118 valence electrons. The van der Waals surface area contributed by atoms with E-state index in [1.54, 1.807) is 0 Å². The minimum absolute atomic E-state index is 0.0451. The Hall–Kier alpha value is -0.660. The highest BCUT2D eigenvalue weighted by molar-refractivity contribution is 7.90. The van der Waals surface area contributed by atoms with Crippen LogP contribution in [0.1, 0.15) is 25.7 Å². The van der Waals surface area contributed by atoms with Crippen LogP contribution in [0.4, 0.5) is 0 Å². The van der Waals surface area contributed by atoms with Gasteiger partial charge >= 0.3 is 0 Å². The summed E-state index contributed by atoms with van der Waals surface area (Å²) in [5, 5.41) is 2.80. The summed E-state index contributed by atoms with van der Waals surface area (Å²) in [6, 6.07) is -0.734. The molecule has 0 aliphatic carbocycles. The molecule has 0 spiro atoms. The van der Waals surface area contributed by atoms with Gasteiger partial charge in [0, 0.05) is 12.8 Å². The summed E-state index contributed by atoms with van der Waals surface area (Å²) in [6.07, 6.45) is 4.65. The zero-order chi connectivity index (χ0) is 15.2. The van der Waals surface area contributed by atoms with Gasteiger partial charge in [0.1, 0.15) is 9.84 Å². The van der Waals surface area contributed by atoms with Gasteiger partial charge in [-0.25, -0.2) is 8.42 Å². The van der Waals surface area contributed by atoms with Crippen LogP contribution in [0.25, 0.3) is 0 Å². The number of likely N-dealkylation sites (tertiary alicyclic amines) is 1. The van der Waals surface area contributed by atoms with Crippen molar-refractivity contribution in [1.29, 1.82) is 0 Å². The van der Waals surface area contributed by atoms with Crippen molar-refractivity contribution >= 4 is 15.7 Å². The van der Waals surface area contributed by atoms with Crippen LogP contribution in [-0.4, -0.2) is 64.0 Å². The predicted molar refractivity (Wildman–Crippen MR) is 80.2 cm³/mol. The molecule has 0 aromatic carbocycles. The molecular formula is C13H27N3O3S. The van der Waals surface area contributed by atoms with Gasteiger partial charge in [0.15, 0.2) is 0 Å². The zero-order valence-electron chi connectivity index (χ0n) is 12.5. The third-order valence-corrected chi connectivity index (χ3v) is 4.80. The van der Waals surface area contributed by atoms with Crippen molar-refractivity contribution in [2.75, 3.05) is 38.7 Å². The van der Waals surface area contributed by atoms with Crippen molar-refractivity contribution in [3.05, 3.63) is 0 Å². The van der Waals surface area contributed by atoms with Crippen molar-refractivity contribution in [3.8, 4) is 0 Å². The van der Waals surface area contributed by atoms with E-state index in [1.165, 1.54) is 12.8 Å². The Labute approximate surface area is 122 Å². The SMILES string of the molecule is CN1CCC(CCNC(=O)C(N)CCS(C)(=O)=O)CC1. The maximum absolute atomic E-state index is 11.7. The molecule has 3 N–H and O–H groups in total. The van der Waals surface area contributed by atoms with Gasteiger partial charge in [0.05, 0.1) is 11.8 Å². The summed E-state index contributed by atoms with van der Waals surface area (Å²) >= 11 is 0. The Morgan fingerprint density at radius 1 is 1.40 bits per heavy atom. The van der Waals surface area contributed by atoms with Crippen LogP contribution in [-0.2, 0) is 14.6 Å². The third kappa shape index (κ3) is 7.21. The van der Waals surface area contributed by atoms with Crippen LogP contribution >= 0.6 is 0 Å². The second-order valence-electron chi connectivity index (χ2n) is 5.85. The molecule has 0 aromatic heterocycles. The molecule has 1 aliphatic heterocycles. The van der Waals surface area contributed by atoms with Crippen molar-refractivity contribution in [2.45, 2.75) is 31.7 Å². The van der Waals surface area contributed by atoms with E-state index in [0.717, 1.165) is 25.8 Å². The monoisotopic (exact) mass is 305 g/mol. The summed E-state index contributed by atoms with van der Waals surface area (Å²) in [5.41, 5.74) is 5.68. The Morgan fingerprint density at radius 2 is 2.00 bits per heavy atom. The second kappa shape index (κ2) is 7.95. The average Bonchev–Trinajstić information content (AvgIpc) is 2.37. The number of nitrogens with two attached hydrogens (primary N) is 1. The fourth-order valence-electron chi connectivity index (χ4n) is 2.35. The van der Waals surface area contributed by atoms with Crippen molar-refractivity contribution < 1.29 is 13.2 Å². The molecule has 0 saturated carbocycles. The van der Waals surface area contributed by atoms with E-state index in [-0.39, 0.29) is 18.1 Å². The molecule has 1 unspecified atom stereocenters. The number of amides is 1. The number of rotatable bonds is 7. The van der Waals surface area contributed by atoms with E-state index < -0.39 is 15.9 Å². The van der Waals surface area contributed by atoms with Crippen molar-refractivity contribution in [1.82, 2.24) is 10.2 Å². The van der Waals surface area contributed by atoms with Gasteiger partial charge in [-0.15, -0.1) is 0 Å². The van der Waals surface area contributed by atoms with Gasteiger partial charge in [-0.1, -0.05) is 0 Å². The number of nitrogens with zero attached hydrogens (tertiary/aromatic N) is 1. The van der Waals surface area contributed by atoms with Crippen LogP contribution < -0.4 is 11.1 Å². The maximum Gasteiger partial charge on any atom is 0.236 e. The molecule has 1 aliphatic rings. The summed E-state index contributed by atoms with van der Waals surface area (Å²) in [5.74, 6) is 0.372. The molecule has 1 fully saturated rings. The van der Waals surface area contributed by atoms with Crippen LogP contribution in [0.5, 0.6) is 0 Å². The van der Waals surface area contributed by atoms with E-state index in [1.807, 2.05) is 0 Å². The molecule has 1 heterocycles. The summed E-state index contributed by atoms with van der Waals surface area (Å²) in [7, 11) is -0.936. The number of piperidine rings is 1. The molecule has 20 heavy (non-hydrogen) atoms. The first-order valence-corrected chi connectivity index (χ1v) is 9.23. The molecule has 1 saturated heterocycles. The predicted octanol–water partition coefficient (Wildman–Crippen LogP) is -0.403. The smallest absolute Gasteiger partial charge is 0.236 e. The number of carbonyl (C=O) groups excluding carboxylic acids is 1. The molecule has 0 bridgehead atoms. The number of carbonyl (C=O) groups is 1. The van der Waals surface area contributed by atoms with Gasteiger partial charge in [0.25, 0.3) is 0 Å². The van der Waals surface area contributed by atoms with Crippen LogP contribution in [0.3, 0.4) is 0 Å². The summed E-state index contributed by atoms with van der Waals surface area (Å²) < 4.78 is 22.0. The molecule has 1 rings (SSSR count). The van der Waals surface area contributed by atoms with Gasteiger partial charge in [-0.3, -0.25) is 4.79 Å². The number of hydrogen-bond donors (Lipinski definition) is 2. The number of hydrogen-bond acceptors (Lipinski definition) is 5. The topological polar surface area (TPSA) is 92.5 Å². The molecule has 0 radical (unpaired) electrons. The number of sulfone groups is 1. The summed E-state index contributed by atoms with van der Waals surface area (Å²) in [6.45, 7) is 2.86. The number of nitrogens with one attached hydrogen (secondary N) is 1. The molecule has 6 nitrogen and oxygen atoms in total. The molecule has 7 heteroatoms. The third-order valence-electron chi connectivity index (χ3n) is 3.83.